The molecule has 2 rings (SSSR count). The molecule has 3 unspecified atom stereocenters. The Morgan fingerprint density at radius 2 is 2.40 bits per heavy atom. The Kier molecular flexibility index (Phi) is 1.42. The van der Waals surface area contributed by atoms with Crippen LogP contribution in [0.1, 0.15) is 19.3 Å². The lowest BCUT2D eigenvalue weighted by atomic mass is 10.1. The van der Waals surface area contributed by atoms with Crippen molar-refractivity contribution in [2.45, 2.75) is 19.3 Å². The van der Waals surface area contributed by atoms with Gasteiger partial charge in [0.1, 0.15) is 0 Å². The molecule has 0 aromatic carbocycles. The first-order chi connectivity index (χ1) is 4.77. The van der Waals surface area contributed by atoms with Crippen molar-refractivity contribution in [2.75, 3.05) is 0 Å². The number of hydrogen-bond donors (Lipinski definition) is 1. The number of hydrogen-bond acceptors (Lipinski definition) is 1. The van der Waals surface area contributed by atoms with Crippen molar-refractivity contribution in [1.29, 1.82) is 0 Å². The molecule has 0 saturated heterocycles. The van der Waals surface area contributed by atoms with Gasteiger partial charge in [-0.1, -0.05) is 6.08 Å². The highest BCUT2D eigenvalue weighted by molar-refractivity contribution is 7.83. The van der Waals surface area contributed by atoms with Crippen LogP contribution in [0, 0.1) is 11.8 Å². The van der Waals surface area contributed by atoms with E-state index in [4.69, 9.17) is 4.55 Å². The summed E-state index contributed by atoms with van der Waals surface area (Å²) < 4.78 is 19.4. The first-order valence-electron chi connectivity index (χ1n) is 3.60. The van der Waals surface area contributed by atoms with Gasteiger partial charge in [-0.05, 0) is 31.1 Å². The van der Waals surface area contributed by atoms with Crippen LogP contribution in [0.5, 0.6) is 0 Å². The van der Waals surface area contributed by atoms with Gasteiger partial charge < -0.3 is 4.55 Å². The number of fused-ring (bicyclic) bond motifs is 2. The molecule has 3 heteroatoms. The van der Waals surface area contributed by atoms with E-state index >= 15 is 0 Å². The molecule has 2 nitrogen and oxygen atoms in total. The zero-order chi connectivity index (χ0) is 7.14. The minimum Gasteiger partial charge on any atom is -0.302 e. The van der Waals surface area contributed by atoms with Gasteiger partial charge in [-0.2, -0.15) is 0 Å². The van der Waals surface area contributed by atoms with Crippen LogP contribution in [0.3, 0.4) is 0 Å². The molecule has 0 amide bonds. The molecule has 2 aliphatic carbocycles. The number of rotatable bonds is 1. The minimum absolute atomic E-state index is 0.441. The van der Waals surface area contributed by atoms with E-state index in [1.54, 1.807) is 0 Å². The number of allylic oxidation sites excluding steroid dienone is 2. The third kappa shape index (κ3) is 0.847. The molecule has 56 valence electrons. The summed E-state index contributed by atoms with van der Waals surface area (Å²) >= 11 is -1.68. The summed E-state index contributed by atoms with van der Waals surface area (Å²) in [4.78, 5) is 0.788. The van der Waals surface area contributed by atoms with Crippen molar-refractivity contribution in [3.8, 4) is 0 Å². The molecule has 1 fully saturated rings. The monoisotopic (exact) mass is 158 g/mol. The van der Waals surface area contributed by atoms with Gasteiger partial charge in [-0.3, -0.25) is 0 Å². The van der Waals surface area contributed by atoms with E-state index in [2.05, 4.69) is 0 Å². The highest BCUT2D eigenvalue weighted by atomic mass is 32.2. The zero-order valence-electron chi connectivity index (χ0n) is 5.62. The van der Waals surface area contributed by atoms with Crippen LogP contribution in [-0.2, 0) is 11.1 Å². The Balaban J connectivity index is 2.25. The van der Waals surface area contributed by atoms with Crippen molar-refractivity contribution in [3.05, 3.63) is 11.0 Å². The highest BCUT2D eigenvalue weighted by Crippen LogP contribution is 2.44. The molecule has 0 spiro atoms. The molecule has 0 heterocycles. The molecule has 3 atom stereocenters. The molecule has 0 radical (unpaired) electrons. The largest absolute Gasteiger partial charge is 0.302 e. The van der Waals surface area contributed by atoms with E-state index in [9.17, 15) is 4.21 Å². The topological polar surface area (TPSA) is 37.3 Å². The normalized spacial score (nSPS) is 39.9. The minimum atomic E-state index is -1.68. The summed E-state index contributed by atoms with van der Waals surface area (Å²) in [5.41, 5.74) is 0. The summed E-state index contributed by atoms with van der Waals surface area (Å²) in [7, 11) is 0. The second-order valence-electron chi connectivity index (χ2n) is 3.09. The fourth-order valence-electron chi connectivity index (χ4n) is 2.00. The van der Waals surface area contributed by atoms with Crippen LogP contribution in [0.15, 0.2) is 11.0 Å². The van der Waals surface area contributed by atoms with Gasteiger partial charge in [-0.25, -0.2) is 4.21 Å². The molecule has 0 aromatic rings. The molecular formula is C7H10O2S. The fraction of sp³-hybridized carbons (Fsp3) is 0.714. The summed E-state index contributed by atoms with van der Waals surface area (Å²) in [6.07, 6.45) is 5.47. The Bertz CT molecular complexity index is 210. The summed E-state index contributed by atoms with van der Waals surface area (Å²) in [6, 6.07) is 0. The molecule has 10 heavy (non-hydrogen) atoms. The van der Waals surface area contributed by atoms with Crippen LogP contribution in [0.2, 0.25) is 0 Å². The smallest absolute Gasteiger partial charge is 0.182 e. The standard InChI is InChI=1S/C7H10O2S/c8-10(9)7-4-5-1-2-6(7)3-5/h4-6H,1-3H2,(H,8,9). The van der Waals surface area contributed by atoms with Gasteiger partial charge in [0.25, 0.3) is 0 Å². The van der Waals surface area contributed by atoms with E-state index < -0.39 is 11.1 Å². The second-order valence-corrected chi connectivity index (χ2v) is 4.06. The maximum atomic E-state index is 10.6. The van der Waals surface area contributed by atoms with Crippen LogP contribution < -0.4 is 0 Å². The molecule has 0 aliphatic heterocycles. The van der Waals surface area contributed by atoms with Crippen molar-refractivity contribution in [2.24, 2.45) is 11.8 Å². The second kappa shape index (κ2) is 2.17. The van der Waals surface area contributed by atoms with Crippen LogP contribution in [0.25, 0.3) is 0 Å². The average molecular weight is 158 g/mol. The lowest BCUT2D eigenvalue weighted by Gasteiger charge is -2.07. The average Bonchev–Trinajstić information content (AvgIpc) is 2.44. The van der Waals surface area contributed by atoms with Gasteiger partial charge >= 0.3 is 0 Å². The zero-order valence-corrected chi connectivity index (χ0v) is 6.43. The van der Waals surface area contributed by atoms with E-state index in [0.29, 0.717) is 11.8 Å². The van der Waals surface area contributed by atoms with Crippen LogP contribution in [0.4, 0.5) is 0 Å². The third-order valence-electron chi connectivity index (χ3n) is 2.48. The van der Waals surface area contributed by atoms with Crippen molar-refractivity contribution in [1.82, 2.24) is 0 Å². The Labute approximate surface area is 62.6 Å². The van der Waals surface area contributed by atoms with Gasteiger partial charge in [0, 0.05) is 4.91 Å². The van der Waals surface area contributed by atoms with Gasteiger partial charge in [-0.15, -0.1) is 0 Å². The Morgan fingerprint density at radius 3 is 2.70 bits per heavy atom. The van der Waals surface area contributed by atoms with Gasteiger partial charge in [0.05, 0.1) is 0 Å². The predicted molar refractivity (Wildman–Crippen MR) is 39.7 cm³/mol. The van der Waals surface area contributed by atoms with Crippen molar-refractivity contribution < 1.29 is 8.76 Å². The third-order valence-corrected chi connectivity index (χ3v) is 3.35. The fourth-order valence-corrected chi connectivity index (χ4v) is 2.80. The lowest BCUT2D eigenvalue weighted by Crippen LogP contribution is -2.02. The van der Waals surface area contributed by atoms with Gasteiger partial charge in [0.15, 0.2) is 11.1 Å². The quantitative estimate of drug-likeness (QED) is 0.587. The maximum absolute atomic E-state index is 10.6. The van der Waals surface area contributed by atoms with E-state index in [-0.39, 0.29) is 0 Å². The maximum Gasteiger partial charge on any atom is 0.182 e. The summed E-state index contributed by atoms with van der Waals surface area (Å²) in [6.45, 7) is 0. The molecule has 1 saturated carbocycles. The SMILES string of the molecule is O=S(O)C1=CC2CCC1C2. The van der Waals surface area contributed by atoms with E-state index in [0.717, 1.165) is 17.7 Å². The molecule has 1 N–H and O–H groups in total. The molecule has 2 bridgehead atoms. The lowest BCUT2D eigenvalue weighted by molar-refractivity contribution is 0.559. The van der Waals surface area contributed by atoms with Gasteiger partial charge in [0.2, 0.25) is 0 Å². The van der Waals surface area contributed by atoms with Crippen LogP contribution in [-0.4, -0.2) is 8.76 Å². The Hall–Kier alpha value is -0.150. The van der Waals surface area contributed by atoms with E-state index in [1.807, 2.05) is 6.08 Å². The summed E-state index contributed by atoms with van der Waals surface area (Å²) in [5, 5.41) is 0. The highest BCUT2D eigenvalue weighted by Gasteiger charge is 2.34. The first-order valence-corrected chi connectivity index (χ1v) is 4.70. The van der Waals surface area contributed by atoms with E-state index in [1.165, 1.54) is 6.42 Å². The molecular weight excluding hydrogens is 148 g/mol. The Morgan fingerprint density at radius 1 is 1.60 bits per heavy atom. The van der Waals surface area contributed by atoms with Crippen molar-refractivity contribution in [3.63, 3.8) is 0 Å². The van der Waals surface area contributed by atoms with Crippen molar-refractivity contribution >= 4 is 11.1 Å². The summed E-state index contributed by atoms with van der Waals surface area (Å²) in [5.74, 6) is 1.06. The first kappa shape index (κ1) is 6.55. The van der Waals surface area contributed by atoms with Crippen LogP contribution >= 0.6 is 0 Å². The molecule has 2 aliphatic rings. The predicted octanol–water partition coefficient (Wildman–Crippen LogP) is 1.52. The molecule has 0 aromatic heterocycles.